The molecule has 3 amide bonds. The highest BCUT2D eigenvalue weighted by molar-refractivity contribution is 6.30. The Morgan fingerprint density at radius 2 is 1.64 bits per heavy atom. The van der Waals surface area contributed by atoms with Crippen molar-refractivity contribution in [2.75, 3.05) is 6.54 Å². The van der Waals surface area contributed by atoms with Crippen molar-refractivity contribution in [1.29, 1.82) is 0 Å². The number of hydrogen-bond acceptors (Lipinski definition) is 4. The molecule has 0 fully saturated rings. The fourth-order valence-corrected chi connectivity index (χ4v) is 2.03. The zero-order valence-corrected chi connectivity index (χ0v) is 13.8. The smallest absolute Gasteiger partial charge is 0.269 e. The summed E-state index contributed by atoms with van der Waals surface area (Å²) in [7, 11) is 0. The molecule has 25 heavy (non-hydrogen) atoms. The van der Waals surface area contributed by atoms with E-state index in [0.29, 0.717) is 10.6 Å². The Kier molecular flexibility index (Phi) is 6.36. The van der Waals surface area contributed by atoms with Crippen LogP contribution >= 0.6 is 11.6 Å². The first-order chi connectivity index (χ1) is 12.0. The third kappa shape index (κ3) is 5.82. The molecular formula is C17H16ClN3O4. The van der Waals surface area contributed by atoms with E-state index in [-0.39, 0.29) is 30.2 Å². The van der Waals surface area contributed by atoms with Gasteiger partial charge in [0.05, 0.1) is 0 Å². The number of carbonyl (C=O) groups excluding carboxylic acids is 3. The fraction of sp³-hybridized carbons (Fsp3) is 0.118. The SMILES string of the molecule is O=C(CCNC(=O)c1ccc(Cl)cc1)NNC(=O)c1cccc(O)c1. The molecule has 0 bridgehead atoms. The number of rotatable bonds is 5. The lowest BCUT2D eigenvalue weighted by Crippen LogP contribution is -2.42. The van der Waals surface area contributed by atoms with Crippen molar-refractivity contribution in [3.8, 4) is 5.75 Å². The van der Waals surface area contributed by atoms with E-state index in [4.69, 9.17) is 11.6 Å². The molecule has 0 radical (unpaired) electrons. The summed E-state index contributed by atoms with van der Waals surface area (Å²) in [5.41, 5.74) is 5.09. The molecule has 0 aromatic heterocycles. The summed E-state index contributed by atoms with van der Waals surface area (Å²) in [6, 6.07) is 12.1. The Hall–Kier alpha value is -3.06. The molecule has 0 unspecified atom stereocenters. The van der Waals surface area contributed by atoms with E-state index in [0.717, 1.165) is 0 Å². The van der Waals surface area contributed by atoms with Gasteiger partial charge in [-0.1, -0.05) is 17.7 Å². The molecule has 0 heterocycles. The van der Waals surface area contributed by atoms with Crippen LogP contribution in [0.4, 0.5) is 0 Å². The summed E-state index contributed by atoms with van der Waals surface area (Å²) < 4.78 is 0. The van der Waals surface area contributed by atoms with E-state index in [1.807, 2.05) is 0 Å². The van der Waals surface area contributed by atoms with Gasteiger partial charge in [-0.15, -0.1) is 0 Å². The average molecular weight is 362 g/mol. The Morgan fingerprint density at radius 3 is 2.32 bits per heavy atom. The van der Waals surface area contributed by atoms with Crippen molar-refractivity contribution in [3.63, 3.8) is 0 Å². The van der Waals surface area contributed by atoms with Crippen LogP contribution in [0.1, 0.15) is 27.1 Å². The molecule has 0 aliphatic rings. The molecule has 4 N–H and O–H groups in total. The first kappa shape index (κ1) is 18.3. The molecule has 8 heteroatoms. The molecule has 0 atom stereocenters. The maximum absolute atomic E-state index is 11.8. The number of hydrogen-bond donors (Lipinski definition) is 4. The second-order valence-corrected chi connectivity index (χ2v) is 5.50. The largest absolute Gasteiger partial charge is 0.508 e. The van der Waals surface area contributed by atoms with Crippen LogP contribution in [0.3, 0.4) is 0 Å². The maximum Gasteiger partial charge on any atom is 0.269 e. The summed E-state index contributed by atoms with van der Waals surface area (Å²) >= 11 is 5.74. The third-order valence-electron chi connectivity index (χ3n) is 3.17. The Labute approximate surface area is 149 Å². The second kappa shape index (κ2) is 8.70. The predicted molar refractivity (Wildman–Crippen MR) is 92.1 cm³/mol. The lowest BCUT2D eigenvalue weighted by Gasteiger charge is -2.08. The topological polar surface area (TPSA) is 108 Å². The highest BCUT2D eigenvalue weighted by Crippen LogP contribution is 2.10. The van der Waals surface area contributed by atoms with Crippen LogP contribution in [0.15, 0.2) is 48.5 Å². The molecule has 130 valence electrons. The number of phenols is 1. The minimum Gasteiger partial charge on any atom is -0.508 e. The van der Waals surface area contributed by atoms with Gasteiger partial charge >= 0.3 is 0 Å². The normalized spacial score (nSPS) is 9.96. The minimum atomic E-state index is -0.561. The number of amides is 3. The van der Waals surface area contributed by atoms with Crippen LogP contribution in [0, 0.1) is 0 Å². The first-order valence-corrected chi connectivity index (χ1v) is 7.75. The number of carbonyl (C=O) groups is 3. The molecular weight excluding hydrogens is 346 g/mol. The number of aromatic hydroxyl groups is 1. The van der Waals surface area contributed by atoms with Gasteiger partial charge in [0.15, 0.2) is 0 Å². The van der Waals surface area contributed by atoms with Crippen LogP contribution in [-0.2, 0) is 4.79 Å². The Balaban J connectivity index is 1.71. The first-order valence-electron chi connectivity index (χ1n) is 7.37. The van der Waals surface area contributed by atoms with Gasteiger partial charge < -0.3 is 10.4 Å². The number of halogens is 1. The van der Waals surface area contributed by atoms with Crippen LogP contribution in [0.5, 0.6) is 5.75 Å². The average Bonchev–Trinajstić information content (AvgIpc) is 2.60. The zero-order valence-electron chi connectivity index (χ0n) is 13.1. The van der Waals surface area contributed by atoms with Gasteiger partial charge in [0.1, 0.15) is 5.75 Å². The number of phenolic OH excluding ortho intramolecular Hbond substituents is 1. The molecule has 0 aliphatic carbocycles. The molecule has 2 rings (SSSR count). The van der Waals surface area contributed by atoms with E-state index in [2.05, 4.69) is 16.2 Å². The molecule has 0 saturated heterocycles. The van der Waals surface area contributed by atoms with Crippen molar-refractivity contribution in [3.05, 3.63) is 64.7 Å². The van der Waals surface area contributed by atoms with Crippen molar-refractivity contribution in [2.24, 2.45) is 0 Å². The van der Waals surface area contributed by atoms with Gasteiger partial charge in [-0.3, -0.25) is 25.2 Å². The summed E-state index contributed by atoms with van der Waals surface area (Å²) in [6.45, 7) is 0.106. The highest BCUT2D eigenvalue weighted by atomic mass is 35.5. The third-order valence-corrected chi connectivity index (χ3v) is 3.42. The standard InChI is InChI=1S/C17H16ClN3O4/c18-13-6-4-11(5-7-13)16(24)19-9-8-15(23)20-21-17(25)12-2-1-3-14(22)10-12/h1-7,10,22H,8-9H2,(H,19,24)(H,20,23)(H,21,25). The summed E-state index contributed by atoms with van der Waals surface area (Å²) in [5.74, 6) is -1.41. The fourth-order valence-electron chi connectivity index (χ4n) is 1.90. The lowest BCUT2D eigenvalue weighted by atomic mass is 10.2. The van der Waals surface area contributed by atoms with E-state index >= 15 is 0 Å². The Morgan fingerprint density at radius 1 is 0.920 bits per heavy atom. The Bertz CT molecular complexity index is 778. The van der Waals surface area contributed by atoms with Gasteiger partial charge in [-0.2, -0.15) is 0 Å². The van der Waals surface area contributed by atoms with E-state index in [1.54, 1.807) is 24.3 Å². The van der Waals surface area contributed by atoms with Crippen molar-refractivity contribution in [2.45, 2.75) is 6.42 Å². The molecule has 0 spiro atoms. The minimum absolute atomic E-state index is 0.0142. The summed E-state index contributed by atoms with van der Waals surface area (Å²) in [4.78, 5) is 35.3. The van der Waals surface area contributed by atoms with Crippen molar-refractivity contribution in [1.82, 2.24) is 16.2 Å². The van der Waals surface area contributed by atoms with Crippen LogP contribution in [0.25, 0.3) is 0 Å². The zero-order chi connectivity index (χ0) is 18.2. The van der Waals surface area contributed by atoms with E-state index in [9.17, 15) is 19.5 Å². The maximum atomic E-state index is 11.8. The highest BCUT2D eigenvalue weighted by Gasteiger charge is 2.09. The molecule has 2 aromatic rings. The quantitative estimate of drug-likeness (QED) is 0.607. The molecule has 7 nitrogen and oxygen atoms in total. The molecule has 2 aromatic carbocycles. The van der Waals surface area contributed by atoms with E-state index < -0.39 is 11.8 Å². The van der Waals surface area contributed by atoms with Crippen LogP contribution in [-0.4, -0.2) is 29.4 Å². The summed E-state index contributed by atoms with van der Waals surface area (Å²) in [5, 5.41) is 12.4. The van der Waals surface area contributed by atoms with Gasteiger partial charge in [0, 0.05) is 29.1 Å². The van der Waals surface area contributed by atoms with Gasteiger partial charge in [0.25, 0.3) is 11.8 Å². The van der Waals surface area contributed by atoms with Gasteiger partial charge in [-0.05, 0) is 42.5 Å². The molecule has 0 aliphatic heterocycles. The van der Waals surface area contributed by atoms with Crippen LogP contribution < -0.4 is 16.2 Å². The van der Waals surface area contributed by atoms with Gasteiger partial charge in [-0.25, -0.2) is 0 Å². The monoisotopic (exact) mass is 361 g/mol. The van der Waals surface area contributed by atoms with E-state index in [1.165, 1.54) is 24.3 Å². The lowest BCUT2D eigenvalue weighted by molar-refractivity contribution is -0.121. The van der Waals surface area contributed by atoms with Crippen molar-refractivity contribution < 1.29 is 19.5 Å². The van der Waals surface area contributed by atoms with Crippen LogP contribution in [0.2, 0.25) is 5.02 Å². The second-order valence-electron chi connectivity index (χ2n) is 5.07. The van der Waals surface area contributed by atoms with Crippen molar-refractivity contribution >= 4 is 29.3 Å². The predicted octanol–water partition coefficient (Wildman–Crippen LogP) is 1.63. The number of hydrazine groups is 1. The molecule has 0 saturated carbocycles. The van der Waals surface area contributed by atoms with Gasteiger partial charge in [0.2, 0.25) is 5.91 Å². The summed E-state index contributed by atoms with van der Waals surface area (Å²) in [6.07, 6.45) is -0.0142. The number of benzene rings is 2. The number of nitrogens with one attached hydrogen (secondary N) is 3.